The third-order valence-electron chi connectivity index (χ3n) is 6.33. The molecule has 0 spiro atoms. The van der Waals surface area contributed by atoms with Crippen molar-refractivity contribution in [3.63, 3.8) is 0 Å². The van der Waals surface area contributed by atoms with E-state index in [4.69, 9.17) is 17.0 Å². The van der Waals surface area contributed by atoms with Gasteiger partial charge in [0.05, 0.1) is 24.4 Å². The van der Waals surface area contributed by atoms with Crippen molar-refractivity contribution >= 4 is 23.0 Å². The fourth-order valence-corrected chi connectivity index (χ4v) is 5.01. The van der Waals surface area contributed by atoms with Gasteiger partial charge in [-0.3, -0.25) is 4.98 Å². The van der Waals surface area contributed by atoms with Crippen molar-refractivity contribution in [3.05, 3.63) is 83.4 Å². The van der Waals surface area contributed by atoms with Crippen LogP contribution in [-0.4, -0.2) is 46.4 Å². The standard InChI is InChI=1S/C26H33N5OS/c1-19-18-22(20(2)30(19)16-17-32-3)25-24(23-12-7-8-13-28-23)29-26(33)31(25)15-9-14-27-21-10-5-4-6-11-21/h4-8,10-13,18,24-25,27H,9,14-17H2,1-3H3,(H,29,33). The molecule has 0 saturated carbocycles. The van der Waals surface area contributed by atoms with Crippen LogP contribution in [0, 0.1) is 13.8 Å². The second-order valence-corrected chi connectivity index (χ2v) is 8.82. The fourth-order valence-electron chi connectivity index (χ4n) is 4.68. The van der Waals surface area contributed by atoms with Crippen LogP contribution >= 0.6 is 12.2 Å². The first-order valence-electron chi connectivity index (χ1n) is 11.5. The first kappa shape index (κ1) is 23.3. The van der Waals surface area contributed by atoms with E-state index in [-0.39, 0.29) is 12.1 Å². The van der Waals surface area contributed by atoms with Crippen LogP contribution in [0.2, 0.25) is 0 Å². The zero-order valence-corrected chi connectivity index (χ0v) is 20.4. The monoisotopic (exact) mass is 463 g/mol. The molecular weight excluding hydrogens is 430 g/mol. The molecule has 1 aliphatic heterocycles. The quantitative estimate of drug-likeness (QED) is 0.338. The van der Waals surface area contributed by atoms with Crippen LogP contribution in [0.1, 0.15) is 41.1 Å². The van der Waals surface area contributed by atoms with Crippen LogP contribution in [0.15, 0.2) is 60.8 Å². The van der Waals surface area contributed by atoms with Crippen LogP contribution in [0.25, 0.3) is 0 Å². The molecule has 3 aromatic rings. The van der Waals surface area contributed by atoms with E-state index in [1.165, 1.54) is 17.0 Å². The molecule has 0 radical (unpaired) electrons. The summed E-state index contributed by atoms with van der Waals surface area (Å²) in [7, 11) is 1.75. The smallest absolute Gasteiger partial charge is 0.170 e. The summed E-state index contributed by atoms with van der Waals surface area (Å²) in [5.41, 5.74) is 5.94. The SMILES string of the molecule is COCCn1c(C)cc(C2C(c3ccccn3)NC(=S)N2CCCNc2ccccc2)c1C. The summed E-state index contributed by atoms with van der Waals surface area (Å²) in [6, 6.07) is 18.8. The molecule has 0 bridgehead atoms. The Morgan fingerprint density at radius 2 is 1.88 bits per heavy atom. The number of benzene rings is 1. The summed E-state index contributed by atoms with van der Waals surface area (Å²) in [6.07, 6.45) is 2.83. The highest BCUT2D eigenvalue weighted by Gasteiger charge is 2.40. The zero-order valence-electron chi connectivity index (χ0n) is 19.6. The molecule has 6 nitrogen and oxygen atoms in total. The number of nitrogens with one attached hydrogen (secondary N) is 2. The summed E-state index contributed by atoms with van der Waals surface area (Å²) in [5.74, 6) is 0. The molecule has 1 aromatic carbocycles. The topological polar surface area (TPSA) is 54.4 Å². The molecule has 7 heteroatoms. The number of pyridine rings is 1. The van der Waals surface area contributed by atoms with Crippen molar-refractivity contribution in [2.45, 2.75) is 38.9 Å². The summed E-state index contributed by atoms with van der Waals surface area (Å²) in [5, 5.41) is 7.86. The van der Waals surface area contributed by atoms with Crippen LogP contribution in [-0.2, 0) is 11.3 Å². The van der Waals surface area contributed by atoms with Gasteiger partial charge in [-0.2, -0.15) is 0 Å². The molecule has 1 aliphatic rings. The highest BCUT2D eigenvalue weighted by molar-refractivity contribution is 7.80. The highest BCUT2D eigenvalue weighted by Crippen LogP contribution is 2.40. The summed E-state index contributed by atoms with van der Waals surface area (Å²) in [6.45, 7) is 7.64. The van der Waals surface area contributed by atoms with Gasteiger partial charge in [-0.25, -0.2) is 0 Å². The Morgan fingerprint density at radius 3 is 2.61 bits per heavy atom. The maximum atomic E-state index is 5.83. The van der Waals surface area contributed by atoms with Gasteiger partial charge in [-0.1, -0.05) is 24.3 Å². The molecular formula is C26H33N5OS. The number of hydrogen-bond donors (Lipinski definition) is 2. The summed E-state index contributed by atoms with van der Waals surface area (Å²) >= 11 is 5.83. The van der Waals surface area contributed by atoms with Gasteiger partial charge in [0.25, 0.3) is 0 Å². The minimum Gasteiger partial charge on any atom is -0.385 e. The normalized spacial score (nSPS) is 17.9. The second kappa shape index (κ2) is 10.8. The number of para-hydroxylation sites is 1. The lowest BCUT2D eigenvalue weighted by molar-refractivity contribution is 0.186. The van der Waals surface area contributed by atoms with Crippen LogP contribution in [0.3, 0.4) is 0 Å². The molecule has 33 heavy (non-hydrogen) atoms. The van der Waals surface area contributed by atoms with Gasteiger partial charge < -0.3 is 24.8 Å². The van der Waals surface area contributed by atoms with E-state index in [2.05, 4.69) is 75.3 Å². The third kappa shape index (κ3) is 5.20. The Morgan fingerprint density at radius 1 is 1.09 bits per heavy atom. The lowest BCUT2D eigenvalue weighted by atomic mass is 9.96. The van der Waals surface area contributed by atoms with E-state index in [1.54, 1.807) is 7.11 Å². The van der Waals surface area contributed by atoms with Gasteiger partial charge in [-0.05, 0) is 68.4 Å². The summed E-state index contributed by atoms with van der Waals surface area (Å²) < 4.78 is 7.68. The molecule has 2 unspecified atom stereocenters. The fraction of sp³-hybridized carbons (Fsp3) is 0.385. The van der Waals surface area contributed by atoms with E-state index in [9.17, 15) is 0 Å². The number of methoxy groups -OCH3 is 1. The van der Waals surface area contributed by atoms with Gasteiger partial charge in [0.15, 0.2) is 5.11 Å². The third-order valence-corrected chi connectivity index (χ3v) is 6.68. The number of thiocarbonyl (C=S) groups is 1. The van der Waals surface area contributed by atoms with Crippen molar-refractivity contribution in [2.24, 2.45) is 0 Å². The number of aryl methyl sites for hydroxylation is 1. The van der Waals surface area contributed by atoms with Crippen molar-refractivity contribution in [1.82, 2.24) is 19.8 Å². The molecule has 3 heterocycles. The number of ether oxygens (including phenoxy) is 1. The van der Waals surface area contributed by atoms with Crippen molar-refractivity contribution in [3.8, 4) is 0 Å². The van der Waals surface area contributed by atoms with Crippen molar-refractivity contribution < 1.29 is 4.74 Å². The Balaban J connectivity index is 1.57. The summed E-state index contributed by atoms with van der Waals surface area (Å²) in [4.78, 5) is 7.00. The first-order chi connectivity index (χ1) is 16.1. The molecule has 4 rings (SSSR count). The zero-order chi connectivity index (χ0) is 23.2. The molecule has 2 aromatic heterocycles. The number of nitrogens with zero attached hydrogens (tertiary/aromatic N) is 3. The van der Waals surface area contributed by atoms with Gasteiger partial charge in [-0.15, -0.1) is 0 Å². The lowest BCUT2D eigenvalue weighted by Gasteiger charge is -2.28. The maximum absolute atomic E-state index is 5.83. The Labute approximate surface area is 202 Å². The predicted octanol–water partition coefficient (Wildman–Crippen LogP) is 4.62. The Hall–Kier alpha value is -2.90. The molecule has 174 valence electrons. The minimum absolute atomic E-state index is 0.0113. The van der Waals surface area contributed by atoms with Crippen molar-refractivity contribution in [2.75, 3.05) is 32.1 Å². The van der Waals surface area contributed by atoms with E-state index >= 15 is 0 Å². The maximum Gasteiger partial charge on any atom is 0.170 e. The molecule has 1 saturated heterocycles. The van der Waals surface area contributed by atoms with Crippen LogP contribution in [0.4, 0.5) is 5.69 Å². The average Bonchev–Trinajstić information content (AvgIpc) is 3.31. The second-order valence-electron chi connectivity index (χ2n) is 8.44. The molecule has 2 atom stereocenters. The Bertz CT molecular complexity index is 1050. The average molecular weight is 464 g/mol. The van der Waals surface area contributed by atoms with E-state index in [0.29, 0.717) is 6.61 Å². The Kier molecular flexibility index (Phi) is 7.62. The largest absolute Gasteiger partial charge is 0.385 e. The molecule has 2 N–H and O–H groups in total. The lowest BCUT2D eigenvalue weighted by Crippen LogP contribution is -2.31. The number of aromatic nitrogens is 2. The highest BCUT2D eigenvalue weighted by atomic mass is 32.1. The predicted molar refractivity (Wildman–Crippen MR) is 137 cm³/mol. The molecule has 0 aliphatic carbocycles. The minimum atomic E-state index is 0.0113. The van der Waals surface area contributed by atoms with Gasteiger partial charge >= 0.3 is 0 Å². The van der Waals surface area contributed by atoms with Crippen LogP contribution < -0.4 is 10.6 Å². The number of rotatable bonds is 10. The van der Waals surface area contributed by atoms with E-state index in [1.807, 2.05) is 24.4 Å². The van der Waals surface area contributed by atoms with Gasteiger partial charge in [0.1, 0.15) is 0 Å². The molecule has 0 amide bonds. The van der Waals surface area contributed by atoms with Crippen molar-refractivity contribution in [1.29, 1.82) is 0 Å². The van der Waals surface area contributed by atoms with Gasteiger partial charge in [0, 0.05) is 50.0 Å². The number of anilines is 1. The van der Waals surface area contributed by atoms with E-state index in [0.717, 1.165) is 42.5 Å². The molecule has 1 fully saturated rings. The van der Waals surface area contributed by atoms with Gasteiger partial charge in [0.2, 0.25) is 0 Å². The first-order valence-corrected chi connectivity index (χ1v) is 11.9. The van der Waals surface area contributed by atoms with E-state index < -0.39 is 0 Å². The van der Waals surface area contributed by atoms with Crippen LogP contribution in [0.5, 0.6) is 0 Å². The number of hydrogen-bond acceptors (Lipinski definition) is 4.